The lowest BCUT2D eigenvalue weighted by Crippen LogP contribution is -1.93. The molecule has 64 valence electrons. The van der Waals surface area contributed by atoms with Crippen molar-refractivity contribution in [2.45, 2.75) is 6.92 Å². The molecule has 2 aromatic rings. The maximum Gasteiger partial charge on any atom is 0.197 e. The molecular formula is C9H8N4. The van der Waals surface area contributed by atoms with Crippen LogP contribution in [0.1, 0.15) is 5.56 Å². The summed E-state index contributed by atoms with van der Waals surface area (Å²) < 4.78 is 0. The van der Waals surface area contributed by atoms with E-state index in [1.807, 2.05) is 6.92 Å². The zero-order valence-electron chi connectivity index (χ0n) is 7.18. The summed E-state index contributed by atoms with van der Waals surface area (Å²) in [7, 11) is 0. The fraction of sp³-hybridized carbons (Fsp3) is 0.111. The standard InChI is InChI=1S/C9H8N4/c1-7-5-12-9(13-6-7)8-10-3-2-4-11-8/h2-6H,1H3. The smallest absolute Gasteiger partial charge is 0.197 e. The van der Waals surface area contributed by atoms with Gasteiger partial charge in [-0.05, 0) is 18.6 Å². The Labute approximate surface area is 75.7 Å². The number of hydrogen-bond acceptors (Lipinski definition) is 4. The van der Waals surface area contributed by atoms with Crippen LogP contribution in [0.25, 0.3) is 11.6 Å². The van der Waals surface area contributed by atoms with Gasteiger partial charge in [0.15, 0.2) is 11.6 Å². The number of rotatable bonds is 1. The van der Waals surface area contributed by atoms with Gasteiger partial charge in [-0.1, -0.05) is 0 Å². The molecule has 4 heteroatoms. The van der Waals surface area contributed by atoms with Crippen LogP contribution in [0.15, 0.2) is 30.9 Å². The van der Waals surface area contributed by atoms with E-state index in [0.29, 0.717) is 11.6 Å². The zero-order chi connectivity index (χ0) is 9.10. The number of hydrogen-bond donors (Lipinski definition) is 0. The van der Waals surface area contributed by atoms with Crippen molar-refractivity contribution >= 4 is 0 Å². The van der Waals surface area contributed by atoms with Gasteiger partial charge in [-0.2, -0.15) is 0 Å². The van der Waals surface area contributed by atoms with Crippen molar-refractivity contribution in [3.05, 3.63) is 36.4 Å². The molecule has 0 aliphatic carbocycles. The molecule has 0 unspecified atom stereocenters. The van der Waals surface area contributed by atoms with Gasteiger partial charge in [0.1, 0.15) is 0 Å². The normalized spacial score (nSPS) is 9.92. The number of aryl methyl sites for hydroxylation is 1. The second-order valence-electron chi connectivity index (χ2n) is 2.66. The second-order valence-corrected chi connectivity index (χ2v) is 2.66. The van der Waals surface area contributed by atoms with Crippen molar-refractivity contribution in [3.8, 4) is 11.6 Å². The van der Waals surface area contributed by atoms with Crippen LogP contribution in [0.5, 0.6) is 0 Å². The average Bonchev–Trinajstić information content (AvgIpc) is 2.20. The molecule has 0 aromatic carbocycles. The largest absolute Gasteiger partial charge is 0.234 e. The molecule has 2 aromatic heterocycles. The van der Waals surface area contributed by atoms with E-state index < -0.39 is 0 Å². The Bertz CT molecular complexity index is 382. The first-order chi connectivity index (χ1) is 6.36. The Morgan fingerprint density at radius 2 is 1.38 bits per heavy atom. The summed E-state index contributed by atoms with van der Waals surface area (Å²) in [6.07, 6.45) is 6.84. The van der Waals surface area contributed by atoms with Crippen molar-refractivity contribution in [2.75, 3.05) is 0 Å². The van der Waals surface area contributed by atoms with E-state index in [0.717, 1.165) is 5.56 Å². The van der Waals surface area contributed by atoms with Gasteiger partial charge >= 0.3 is 0 Å². The van der Waals surface area contributed by atoms with Crippen molar-refractivity contribution in [3.63, 3.8) is 0 Å². The quantitative estimate of drug-likeness (QED) is 0.649. The Morgan fingerprint density at radius 1 is 0.846 bits per heavy atom. The summed E-state index contributed by atoms with van der Waals surface area (Å²) in [5.74, 6) is 1.12. The Kier molecular flexibility index (Phi) is 1.96. The SMILES string of the molecule is Cc1cnc(-c2ncccn2)nc1. The molecule has 0 fully saturated rings. The van der Waals surface area contributed by atoms with E-state index in [2.05, 4.69) is 19.9 Å². The molecule has 0 aliphatic rings. The van der Waals surface area contributed by atoms with E-state index in [9.17, 15) is 0 Å². The summed E-state index contributed by atoms with van der Waals surface area (Å²) in [6, 6.07) is 1.76. The van der Waals surface area contributed by atoms with Gasteiger partial charge in [-0.3, -0.25) is 0 Å². The zero-order valence-corrected chi connectivity index (χ0v) is 7.18. The third-order valence-electron chi connectivity index (χ3n) is 1.55. The highest BCUT2D eigenvalue weighted by Gasteiger charge is 2.00. The molecule has 0 atom stereocenters. The van der Waals surface area contributed by atoms with Crippen LogP contribution in [0.3, 0.4) is 0 Å². The lowest BCUT2D eigenvalue weighted by molar-refractivity contribution is 1.06. The third kappa shape index (κ3) is 1.66. The summed E-state index contributed by atoms with van der Waals surface area (Å²) in [4.78, 5) is 16.3. The molecule has 2 rings (SSSR count). The molecule has 2 heterocycles. The van der Waals surface area contributed by atoms with E-state index in [1.54, 1.807) is 30.9 Å². The van der Waals surface area contributed by atoms with E-state index in [1.165, 1.54) is 0 Å². The average molecular weight is 172 g/mol. The fourth-order valence-electron chi connectivity index (χ4n) is 0.923. The van der Waals surface area contributed by atoms with Gasteiger partial charge in [0, 0.05) is 24.8 Å². The minimum atomic E-state index is 0.558. The molecule has 13 heavy (non-hydrogen) atoms. The molecule has 0 amide bonds. The van der Waals surface area contributed by atoms with Crippen molar-refractivity contribution in [2.24, 2.45) is 0 Å². The third-order valence-corrected chi connectivity index (χ3v) is 1.55. The van der Waals surface area contributed by atoms with Gasteiger partial charge in [0.05, 0.1) is 0 Å². The van der Waals surface area contributed by atoms with E-state index >= 15 is 0 Å². The van der Waals surface area contributed by atoms with Crippen LogP contribution in [0.4, 0.5) is 0 Å². The van der Waals surface area contributed by atoms with Crippen LogP contribution in [0, 0.1) is 6.92 Å². The van der Waals surface area contributed by atoms with Gasteiger partial charge < -0.3 is 0 Å². The molecule has 0 radical (unpaired) electrons. The maximum atomic E-state index is 4.11. The van der Waals surface area contributed by atoms with Crippen LogP contribution >= 0.6 is 0 Å². The van der Waals surface area contributed by atoms with Gasteiger partial charge in [0.2, 0.25) is 0 Å². The second kappa shape index (κ2) is 3.26. The fourth-order valence-corrected chi connectivity index (χ4v) is 0.923. The van der Waals surface area contributed by atoms with E-state index in [4.69, 9.17) is 0 Å². The predicted molar refractivity (Wildman–Crippen MR) is 47.8 cm³/mol. The highest BCUT2D eigenvalue weighted by molar-refractivity contribution is 5.41. The maximum absolute atomic E-state index is 4.11. The molecule has 0 N–H and O–H groups in total. The molecule has 0 saturated heterocycles. The van der Waals surface area contributed by atoms with Crippen LogP contribution in [-0.2, 0) is 0 Å². The molecular weight excluding hydrogens is 164 g/mol. The van der Waals surface area contributed by atoms with Crippen molar-refractivity contribution in [1.82, 2.24) is 19.9 Å². The molecule has 0 bridgehead atoms. The monoisotopic (exact) mass is 172 g/mol. The highest BCUT2D eigenvalue weighted by atomic mass is 15.0. The molecule has 0 saturated carbocycles. The van der Waals surface area contributed by atoms with Crippen molar-refractivity contribution in [1.29, 1.82) is 0 Å². The first-order valence-corrected chi connectivity index (χ1v) is 3.92. The van der Waals surface area contributed by atoms with Crippen LogP contribution in [-0.4, -0.2) is 19.9 Å². The summed E-state index contributed by atoms with van der Waals surface area (Å²) in [6.45, 7) is 1.94. The topological polar surface area (TPSA) is 51.6 Å². The van der Waals surface area contributed by atoms with Gasteiger partial charge in [-0.25, -0.2) is 19.9 Å². The molecule has 0 spiro atoms. The number of aromatic nitrogens is 4. The minimum absolute atomic E-state index is 0.558. The van der Waals surface area contributed by atoms with Crippen molar-refractivity contribution < 1.29 is 0 Å². The Morgan fingerprint density at radius 3 is 2.00 bits per heavy atom. The van der Waals surface area contributed by atoms with Gasteiger partial charge in [-0.15, -0.1) is 0 Å². The van der Waals surface area contributed by atoms with E-state index in [-0.39, 0.29) is 0 Å². The summed E-state index contributed by atoms with van der Waals surface area (Å²) in [5, 5.41) is 0. The lowest BCUT2D eigenvalue weighted by Gasteiger charge is -1.96. The van der Waals surface area contributed by atoms with Crippen LogP contribution < -0.4 is 0 Å². The summed E-state index contributed by atoms with van der Waals surface area (Å²) in [5.41, 5.74) is 1.03. The van der Waals surface area contributed by atoms with Gasteiger partial charge in [0.25, 0.3) is 0 Å². The first-order valence-electron chi connectivity index (χ1n) is 3.92. The van der Waals surface area contributed by atoms with Crippen LogP contribution in [0.2, 0.25) is 0 Å². The summed E-state index contributed by atoms with van der Waals surface area (Å²) >= 11 is 0. The molecule has 0 aliphatic heterocycles. The minimum Gasteiger partial charge on any atom is -0.234 e. The lowest BCUT2D eigenvalue weighted by atomic mass is 10.4. The Hall–Kier alpha value is -1.84. The first kappa shape index (κ1) is 7.79. The Balaban J connectivity index is 2.42. The highest BCUT2D eigenvalue weighted by Crippen LogP contribution is 2.05. The predicted octanol–water partition coefficient (Wildman–Crippen LogP) is 1.24. The molecule has 4 nitrogen and oxygen atoms in total. The number of nitrogens with zero attached hydrogens (tertiary/aromatic N) is 4.